The molecule has 1 aliphatic heterocycles. The van der Waals surface area contributed by atoms with Crippen LogP contribution in [0.25, 0.3) is 6.08 Å². The Morgan fingerprint density at radius 2 is 2.13 bits per heavy atom. The van der Waals surface area contributed by atoms with Gasteiger partial charge in [-0.1, -0.05) is 6.07 Å². The summed E-state index contributed by atoms with van der Waals surface area (Å²) < 4.78 is 15.4. The molecule has 0 saturated heterocycles. The number of nitrogens with one attached hydrogen (secondary N) is 1. The fourth-order valence-electron chi connectivity index (χ4n) is 1.99. The van der Waals surface area contributed by atoms with Gasteiger partial charge in [0.25, 0.3) is 5.91 Å². The molecule has 122 valence electrons. The zero-order valence-electron chi connectivity index (χ0n) is 13.2. The summed E-state index contributed by atoms with van der Waals surface area (Å²) in [5.41, 5.74) is 4.27. The van der Waals surface area contributed by atoms with Crippen LogP contribution < -0.4 is 14.9 Å². The molecule has 2 rings (SSSR count). The molecule has 23 heavy (non-hydrogen) atoms. The van der Waals surface area contributed by atoms with Gasteiger partial charge >= 0.3 is 5.97 Å². The van der Waals surface area contributed by atoms with Crippen molar-refractivity contribution in [3.63, 3.8) is 0 Å². The summed E-state index contributed by atoms with van der Waals surface area (Å²) in [5.74, 6) is 0.180. The van der Waals surface area contributed by atoms with E-state index in [0.29, 0.717) is 29.4 Å². The Labute approximate surface area is 133 Å². The van der Waals surface area contributed by atoms with Crippen LogP contribution in [0.5, 0.6) is 11.5 Å². The topological polar surface area (TPSA) is 86.2 Å². The van der Waals surface area contributed by atoms with E-state index in [9.17, 15) is 9.59 Å². The quantitative estimate of drug-likeness (QED) is 0.635. The Hall–Kier alpha value is -2.83. The average Bonchev–Trinajstić information content (AvgIpc) is 2.85. The van der Waals surface area contributed by atoms with Gasteiger partial charge < -0.3 is 14.2 Å². The molecule has 7 heteroatoms. The number of carbonyl (C=O) groups excluding carboxylic acids is 2. The van der Waals surface area contributed by atoms with Gasteiger partial charge in [-0.05, 0) is 37.6 Å². The van der Waals surface area contributed by atoms with E-state index in [1.165, 1.54) is 7.11 Å². The highest BCUT2D eigenvalue weighted by Crippen LogP contribution is 2.29. The van der Waals surface area contributed by atoms with Gasteiger partial charge in [0, 0.05) is 0 Å². The first kappa shape index (κ1) is 16.5. The van der Waals surface area contributed by atoms with Crippen LogP contribution in [0.1, 0.15) is 19.4 Å². The monoisotopic (exact) mass is 318 g/mol. The molecule has 1 amide bonds. The zero-order chi connectivity index (χ0) is 16.8. The van der Waals surface area contributed by atoms with Gasteiger partial charge in [0.05, 0.1) is 25.0 Å². The van der Waals surface area contributed by atoms with Crippen LogP contribution >= 0.6 is 0 Å². The van der Waals surface area contributed by atoms with E-state index in [1.54, 1.807) is 38.1 Å². The fourth-order valence-corrected chi connectivity index (χ4v) is 1.99. The van der Waals surface area contributed by atoms with Gasteiger partial charge in [0.15, 0.2) is 18.1 Å². The Bertz CT molecular complexity index is 679. The normalized spacial score (nSPS) is 15.2. The molecule has 1 heterocycles. The van der Waals surface area contributed by atoms with Crippen molar-refractivity contribution in [2.45, 2.75) is 13.8 Å². The number of methoxy groups -OCH3 is 1. The number of carbonyl (C=O) groups is 2. The molecule has 0 aromatic heterocycles. The van der Waals surface area contributed by atoms with Crippen LogP contribution in [-0.2, 0) is 14.3 Å². The van der Waals surface area contributed by atoms with Crippen LogP contribution in [0, 0.1) is 0 Å². The number of ether oxygens (including phenoxy) is 3. The lowest BCUT2D eigenvalue weighted by molar-refractivity contribution is -0.145. The van der Waals surface area contributed by atoms with E-state index in [0.717, 1.165) is 5.56 Å². The number of rotatable bonds is 6. The van der Waals surface area contributed by atoms with Crippen LogP contribution in [0.4, 0.5) is 0 Å². The number of hydrogen-bond donors (Lipinski definition) is 1. The predicted octanol–water partition coefficient (Wildman–Crippen LogP) is 1.53. The highest BCUT2D eigenvalue weighted by Gasteiger charge is 2.18. The van der Waals surface area contributed by atoms with Crippen LogP contribution in [0.2, 0.25) is 0 Å². The van der Waals surface area contributed by atoms with Crippen molar-refractivity contribution in [1.82, 2.24) is 5.43 Å². The lowest BCUT2D eigenvalue weighted by Gasteiger charge is -2.11. The second-order valence-corrected chi connectivity index (χ2v) is 4.70. The zero-order valence-corrected chi connectivity index (χ0v) is 13.2. The van der Waals surface area contributed by atoms with Crippen molar-refractivity contribution in [2.75, 3.05) is 20.3 Å². The largest absolute Gasteiger partial charge is 0.493 e. The number of esters is 1. The minimum atomic E-state index is -0.449. The van der Waals surface area contributed by atoms with E-state index in [-0.39, 0.29) is 12.5 Å². The van der Waals surface area contributed by atoms with E-state index in [4.69, 9.17) is 14.2 Å². The van der Waals surface area contributed by atoms with Gasteiger partial charge in [-0.25, -0.2) is 10.2 Å². The molecule has 0 bridgehead atoms. The number of hydrazone groups is 1. The third-order valence-corrected chi connectivity index (χ3v) is 3.11. The lowest BCUT2D eigenvalue weighted by atomic mass is 10.1. The molecule has 0 spiro atoms. The minimum absolute atomic E-state index is 0.196. The van der Waals surface area contributed by atoms with Crippen molar-refractivity contribution < 1.29 is 23.8 Å². The molecule has 1 aromatic rings. The van der Waals surface area contributed by atoms with Crippen LogP contribution in [0.15, 0.2) is 28.9 Å². The predicted molar refractivity (Wildman–Crippen MR) is 84.4 cm³/mol. The number of benzene rings is 1. The maximum absolute atomic E-state index is 11.6. The van der Waals surface area contributed by atoms with E-state index in [2.05, 4.69) is 10.5 Å². The molecule has 1 aliphatic rings. The Morgan fingerprint density at radius 3 is 2.74 bits per heavy atom. The summed E-state index contributed by atoms with van der Waals surface area (Å²) in [5, 5.41) is 3.86. The molecule has 0 saturated carbocycles. The Morgan fingerprint density at radius 1 is 1.35 bits per heavy atom. The molecule has 0 atom stereocenters. The first-order chi connectivity index (χ1) is 11.0. The van der Waals surface area contributed by atoms with Crippen molar-refractivity contribution in [1.29, 1.82) is 0 Å². The molecule has 0 radical (unpaired) electrons. The third kappa shape index (κ3) is 4.09. The summed E-state index contributed by atoms with van der Waals surface area (Å²) in [6, 6.07) is 5.14. The maximum Gasteiger partial charge on any atom is 0.344 e. The third-order valence-electron chi connectivity index (χ3n) is 3.11. The SMILES string of the molecule is CCOC(=O)COc1ccc(C=C2C(=O)NN=C2C)cc1OC. The molecule has 0 aliphatic carbocycles. The van der Waals surface area contributed by atoms with Crippen molar-refractivity contribution in [2.24, 2.45) is 5.10 Å². The molecule has 1 N–H and O–H groups in total. The van der Waals surface area contributed by atoms with Crippen LogP contribution in [-0.4, -0.2) is 37.9 Å². The standard InChI is InChI=1S/C16H18N2O5/c1-4-22-15(19)9-23-13-6-5-11(8-14(13)21-3)7-12-10(2)17-18-16(12)20/h5-8H,4,9H2,1-3H3,(H,18,20). The maximum atomic E-state index is 11.6. The van der Waals surface area contributed by atoms with Gasteiger partial charge in [0.1, 0.15) is 0 Å². The molecule has 0 unspecified atom stereocenters. The summed E-state index contributed by atoms with van der Waals surface area (Å²) in [4.78, 5) is 23.0. The second-order valence-electron chi connectivity index (χ2n) is 4.70. The number of hydrogen-bond acceptors (Lipinski definition) is 6. The van der Waals surface area contributed by atoms with E-state index >= 15 is 0 Å². The van der Waals surface area contributed by atoms with Crippen molar-refractivity contribution in [3.8, 4) is 11.5 Å². The molecule has 7 nitrogen and oxygen atoms in total. The molecule has 0 fully saturated rings. The smallest absolute Gasteiger partial charge is 0.344 e. The van der Waals surface area contributed by atoms with Crippen molar-refractivity contribution >= 4 is 23.7 Å². The van der Waals surface area contributed by atoms with Gasteiger partial charge in [0.2, 0.25) is 0 Å². The summed E-state index contributed by atoms with van der Waals surface area (Å²) >= 11 is 0. The molecule has 1 aromatic carbocycles. The van der Waals surface area contributed by atoms with Gasteiger partial charge in [-0.2, -0.15) is 5.10 Å². The van der Waals surface area contributed by atoms with E-state index in [1.807, 2.05) is 0 Å². The van der Waals surface area contributed by atoms with E-state index < -0.39 is 5.97 Å². The van der Waals surface area contributed by atoms with Gasteiger partial charge in [-0.3, -0.25) is 4.79 Å². The Balaban J connectivity index is 2.16. The summed E-state index contributed by atoms with van der Waals surface area (Å²) in [7, 11) is 1.50. The highest BCUT2D eigenvalue weighted by atomic mass is 16.6. The molecular weight excluding hydrogens is 300 g/mol. The molecular formula is C16H18N2O5. The van der Waals surface area contributed by atoms with Crippen molar-refractivity contribution in [3.05, 3.63) is 29.3 Å². The highest BCUT2D eigenvalue weighted by molar-refractivity contribution is 6.26. The lowest BCUT2D eigenvalue weighted by Crippen LogP contribution is -2.15. The van der Waals surface area contributed by atoms with Gasteiger partial charge in [-0.15, -0.1) is 0 Å². The Kier molecular flexibility index (Phi) is 5.35. The second kappa shape index (κ2) is 7.44. The first-order valence-corrected chi connectivity index (χ1v) is 7.08. The summed E-state index contributed by atoms with van der Waals surface area (Å²) in [6.07, 6.45) is 1.71. The summed E-state index contributed by atoms with van der Waals surface area (Å²) in [6.45, 7) is 3.58. The average molecular weight is 318 g/mol. The fraction of sp³-hybridized carbons (Fsp3) is 0.312. The van der Waals surface area contributed by atoms with Crippen LogP contribution in [0.3, 0.4) is 0 Å². The first-order valence-electron chi connectivity index (χ1n) is 7.08. The minimum Gasteiger partial charge on any atom is -0.493 e. The number of nitrogens with zero attached hydrogens (tertiary/aromatic N) is 1. The number of amides is 1.